The number of aliphatic hydroxyl groups excluding tert-OH is 2. The van der Waals surface area contributed by atoms with Crippen LogP contribution in [0.2, 0.25) is 0 Å². The maximum Gasteiger partial charge on any atom is 0.335 e. The second kappa shape index (κ2) is 7.44. The maximum atomic E-state index is 11.0. The SMILES string of the molecule is CC(=O)N[C@@H]([C@@H](O)[C@H](O)C(=O)O)[C@H](C=O)NC(C)=O. The van der Waals surface area contributed by atoms with Gasteiger partial charge in [0.15, 0.2) is 6.10 Å². The van der Waals surface area contributed by atoms with E-state index in [0.717, 1.165) is 13.8 Å². The molecule has 0 heterocycles. The van der Waals surface area contributed by atoms with Gasteiger partial charge >= 0.3 is 5.97 Å². The third kappa shape index (κ3) is 5.44. The van der Waals surface area contributed by atoms with Crippen molar-refractivity contribution in [2.45, 2.75) is 38.1 Å². The lowest BCUT2D eigenvalue weighted by atomic mass is 9.98. The van der Waals surface area contributed by atoms with Gasteiger partial charge in [-0.1, -0.05) is 0 Å². The van der Waals surface area contributed by atoms with E-state index in [9.17, 15) is 29.4 Å². The monoisotopic (exact) mass is 276 g/mol. The van der Waals surface area contributed by atoms with Gasteiger partial charge in [0.1, 0.15) is 18.4 Å². The number of hydrogen-bond acceptors (Lipinski definition) is 6. The average molecular weight is 276 g/mol. The summed E-state index contributed by atoms with van der Waals surface area (Å²) in [7, 11) is 0. The summed E-state index contributed by atoms with van der Waals surface area (Å²) in [6.45, 7) is 2.17. The van der Waals surface area contributed by atoms with Crippen LogP contribution in [0, 0.1) is 0 Å². The number of hydrogen-bond donors (Lipinski definition) is 5. The van der Waals surface area contributed by atoms with E-state index in [4.69, 9.17) is 5.11 Å². The number of aliphatic carboxylic acids is 1. The molecule has 0 saturated heterocycles. The molecule has 0 saturated carbocycles. The Bertz CT molecular complexity index is 371. The molecule has 2 amide bonds. The number of carbonyl (C=O) groups is 4. The van der Waals surface area contributed by atoms with Crippen LogP contribution in [0.25, 0.3) is 0 Å². The summed E-state index contributed by atoms with van der Waals surface area (Å²) in [6, 6.07) is -2.84. The summed E-state index contributed by atoms with van der Waals surface area (Å²) in [5, 5.41) is 31.7. The van der Waals surface area contributed by atoms with E-state index >= 15 is 0 Å². The molecular weight excluding hydrogens is 260 g/mol. The van der Waals surface area contributed by atoms with Crippen molar-refractivity contribution in [2.24, 2.45) is 0 Å². The second-order valence-corrected chi connectivity index (χ2v) is 3.86. The highest BCUT2D eigenvalue weighted by Gasteiger charge is 2.37. The maximum absolute atomic E-state index is 11.0. The van der Waals surface area contributed by atoms with Gasteiger partial charge in [-0.05, 0) is 0 Å². The normalized spacial score (nSPS) is 16.6. The number of carboxylic acids is 1. The summed E-state index contributed by atoms with van der Waals surface area (Å²) in [5.41, 5.74) is 0. The molecule has 0 aliphatic heterocycles. The van der Waals surface area contributed by atoms with Crippen molar-refractivity contribution < 1.29 is 34.5 Å². The Morgan fingerprint density at radius 1 is 1.05 bits per heavy atom. The molecule has 0 aromatic carbocycles. The zero-order valence-electron chi connectivity index (χ0n) is 10.4. The minimum absolute atomic E-state index is 0.222. The molecule has 0 aromatic heterocycles. The predicted molar refractivity (Wildman–Crippen MR) is 60.9 cm³/mol. The highest BCUT2D eigenvalue weighted by atomic mass is 16.4. The lowest BCUT2D eigenvalue weighted by molar-refractivity contribution is -0.155. The number of nitrogens with one attached hydrogen (secondary N) is 2. The molecule has 0 spiro atoms. The van der Waals surface area contributed by atoms with Gasteiger partial charge in [-0.15, -0.1) is 0 Å². The van der Waals surface area contributed by atoms with Crippen molar-refractivity contribution in [1.82, 2.24) is 10.6 Å². The zero-order chi connectivity index (χ0) is 15.2. The van der Waals surface area contributed by atoms with Gasteiger partial charge in [0, 0.05) is 13.8 Å². The number of carbonyl (C=O) groups excluding carboxylic acids is 3. The summed E-state index contributed by atoms with van der Waals surface area (Å²) in [4.78, 5) is 43.3. The van der Waals surface area contributed by atoms with E-state index in [1.165, 1.54) is 0 Å². The molecule has 0 aromatic rings. The van der Waals surface area contributed by atoms with Gasteiger partial charge in [0.05, 0.1) is 6.04 Å². The molecule has 0 aliphatic rings. The average Bonchev–Trinajstić information content (AvgIpc) is 2.30. The second-order valence-electron chi connectivity index (χ2n) is 3.86. The molecule has 0 bridgehead atoms. The van der Waals surface area contributed by atoms with Crippen LogP contribution in [-0.4, -0.2) is 63.7 Å². The van der Waals surface area contributed by atoms with E-state index in [2.05, 4.69) is 10.6 Å². The van der Waals surface area contributed by atoms with Crippen LogP contribution >= 0.6 is 0 Å². The van der Waals surface area contributed by atoms with Gasteiger partial charge in [-0.2, -0.15) is 0 Å². The Morgan fingerprint density at radius 3 is 1.84 bits per heavy atom. The number of aliphatic hydroxyl groups is 2. The van der Waals surface area contributed by atoms with Crippen LogP contribution in [0.1, 0.15) is 13.8 Å². The van der Waals surface area contributed by atoms with Crippen LogP contribution in [-0.2, 0) is 19.2 Å². The molecule has 19 heavy (non-hydrogen) atoms. The fourth-order valence-corrected chi connectivity index (χ4v) is 1.41. The van der Waals surface area contributed by atoms with Crippen molar-refractivity contribution in [3.8, 4) is 0 Å². The lowest BCUT2D eigenvalue weighted by Crippen LogP contribution is -2.61. The molecule has 5 N–H and O–H groups in total. The predicted octanol–water partition coefficient (Wildman–Crippen LogP) is -3.00. The Kier molecular flexibility index (Phi) is 6.66. The van der Waals surface area contributed by atoms with Crippen molar-refractivity contribution >= 4 is 24.1 Å². The summed E-state index contributed by atoms with van der Waals surface area (Å²) in [5.74, 6) is -3.02. The molecule has 0 aliphatic carbocycles. The van der Waals surface area contributed by atoms with Crippen LogP contribution in [0.5, 0.6) is 0 Å². The first-order chi connectivity index (χ1) is 8.70. The molecule has 0 fully saturated rings. The van der Waals surface area contributed by atoms with Gasteiger partial charge < -0.3 is 30.7 Å². The third-order valence-electron chi connectivity index (χ3n) is 2.22. The Hall–Kier alpha value is -2.00. The largest absolute Gasteiger partial charge is 0.479 e. The third-order valence-corrected chi connectivity index (χ3v) is 2.22. The van der Waals surface area contributed by atoms with Crippen LogP contribution in [0.15, 0.2) is 0 Å². The minimum Gasteiger partial charge on any atom is -0.479 e. The number of amides is 2. The fourth-order valence-electron chi connectivity index (χ4n) is 1.41. The highest BCUT2D eigenvalue weighted by molar-refractivity contribution is 5.80. The van der Waals surface area contributed by atoms with E-state index in [0.29, 0.717) is 0 Å². The van der Waals surface area contributed by atoms with Crippen LogP contribution < -0.4 is 10.6 Å². The first-order valence-corrected chi connectivity index (χ1v) is 5.29. The molecular formula is C10H16N2O7. The van der Waals surface area contributed by atoms with Gasteiger partial charge in [0.2, 0.25) is 11.8 Å². The summed E-state index contributed by atoms with van der Waals surface area (Å²) in [6.07, 6.45) is -3.96. The number of rotatable bonds is 7. The number of carboxylic acid groups (broad SMARTS) is 1. The smallest absolute Gasteiger partial charge is 0.335 e. The molecule has 4 atom stereocenters. The Balaban J connectivity index is 5.16. The van der Waals surface area contributed by atoms with Gasteiger partial charge in [-0.3, -0.25) is 9.59 Å². The molecule has 108 valence electrons. The van der Waals surface area contributed by atoms with E-state index in [1.807, 2.05) is 0 Å². The van der Waals surface area contributed by atoms with Gasteiger partial charge in [-0.25, -0.2) is 4.79 Å². The van der Waals surface area contributed by atoms with Crippen molar-refractivity contribution in [3.63, 3.8) is 0 Å². The zero-order valence-corrected chi connectivity index (χ0v) is 10.4. The Morgan fingerprint density at radius 2 is 1.53 bits per heavy atom. The van der Waals surface area contributed by atoms with Gasteiger partial charge in [0.25, 0.3) is 0 Å². The summed E-state index contributed by atoms with van der Waals surface area (Å²) >= 11 is 0. The molecule has 0 rings (SSSR count). The quantitative estimate of drug-likeness (QED) is 0.310. The van der Waals surface area contributed by atoms with E-state index in [-0.39, 0.29) is 6.29 Å². The Labute approximate surface area is 108 Å². The van der Waals surface area contributed by atoms with E-state index < -0.39 is 42.1 Å². The molecule has 9 heteroatoms. The highest BCUT2D eigenvalue weighted by Crippen LogP contribution is 2.05. The number of aldehydes is 1. The molecule has 0 radical (unpaired) electrons. The molecule has 0 unspecified atom stereocenters. The van der Waals surface area contributed by atoms with Crippen molar-refractivity contribution in [1.29, 1.82) is 0 Å². The summed E-state index contributed by atoms with van der Waals surface area (Å²) < 4.78 is 0. The lowest BCUT2D eigenvalue weighted by Gasteiger charge is -2.29. The van der Waals surface area contributed by atoms with E-state index in [1.54, 1.807) is 0 Å². The molecule has 9 nitrogen and oxygen atoms in total. The van der Waals surface area contributed by atoms with Crippen LogP contribution in [0.4, 0.5) is 0 Å². The van der Waals surface area contributed by atoms with Crippen molar-refractivity contribution in [3.05, 3.63) is 0 Å². The van der Waals surface area contributed by atoms with Crippen molar-refractivity contribution in [2.75, 3.05) is 0 Å². The minimum atomic E-state index is -2.21. The topological polar surface area (TPSA) is 153 Å². The standard InChI is InChI=1S/C10H16N2O7/c1-4(14)11-6(3-13)7(12-5(2)15)8(16)9(17)10(18)19/h3,6-9,16-17H,1-2H3,(H,11,14)(H,12,15)(H,18,19)/t6-,7+,8+,9-/m0/s1. The fraction of sp³-hybridized carbons (Fsp3) is 0.600. The first kappa shape index (κ1) is 17.0. The van der Waals surface area contributed by atoms with Crippen LogP contribution in [0.3, 0.4) is 0 Å². The first-order valence-electron chi connectivity index (χ1n) is 5.29.